The molecule has 0 bridgehead atoms. The molecule has 0 saturated heterocycles. The average Bonchev–Trinajstić information content (AvgIpc) is 2.73. The molecule has 7 nitrogen and oxygen atoms in total. The Kier molecular flexibility index (Phi) is 6.49. The van der Waals surface area contributed by atoms with Gasteiger partial charge in [0.05, 0.1) is 28.8 Å². The fourth-order valence-electron chi connectivity index (χ4n) is 3.69. The van der Waals surface area contributed by atoms with Crippen LogP contribution in [0, 0.1) is 11.8 Å². The third kappa shape index (κ3) is 5.13. The summed E-state index contributed by atoms with van der Waals surface area (Å²) >= 11 is 0. The van der Waals surface area contributed by atoms with Gasteiger partial charge in [0, 0.05) is 6.54 Å². The lowest BCUT2D eigenvalue weighted by Crippen LogP contribution is -2.36. The molecule has 0 heterocycles. The first-order chi connectivity index (χ1) is 14.0. The maximum atomic E-state index is 12.8. The quantitative estimate of drug-likeness (QED) is 0.565. The lowest BCUT2D eigenvalue weighted by Gasteiger charge is -2.27. The van der Waals surface area contributed by atoms with Crippen LogP contribution in [-0.4, -0.2) is 28.1 Å². The van der Waals surface area contributed by atoms with Crippen LogP contribution in [0.15, 0.2) is 48.5 Å². The topological polar surface area (TPSA) is 116 Å². The number of carbonyl (C=O) groups excluding carboxylic acids is 1. The van der Waals surface area contributed by atoms with Crippen molar-refractivity contribution in [3.05, 3.63) is 59.7 Å². The van der Waals surface area contributed by atoms with Crippen LogP contribution in [0.1, 0.15) is 41.6 Å². The van der Waals surface area contributed by atoms with E-state index in [9.17, 15) is 24.6 Å². The smallest absolute Gasteiger partial charge is 0.335 e. The van der Waals surface area contributed by atoms with Gasteiger partial charge in [-0.2, -0.15) is 0 Å². The van der Waals surface area contributed by atoms with Crippen molar-refractivity contribution in [3.63, 3.8) is 0 Å². The number of anilines is 2. The molecule has 152 valence electrons. The summed E-state index contributed by atoms with van der Waals surface area (Å²) in [4.78, 5) is 35.7. The van der Waals surface area contributed by atoms with Gasteiger partial charge in [-0.25, -0.2) is 4.79 Å². The zero-order chi connectivity index (χ0) is 20.8. The van der Waals surface area contributed by atoms with E-state index >= 15 is 0 Å². The van der Waals surface area contributed by atoms with Crippen molar-refractivity contribution in [1.29, 1.82) is 0 Å². The van der Waals surface area contributed by atoms with E-state index < -0.39 is 23.8 Å². The van der Waals surface area contributed by atoms with Gasteiger partial charge in [0.15, 0.2) is 0 Å². The number of carboxylic acid groups (broad SMARTS) is 2. The summed E-state index contributed by atoms with van der Waals surface area (Å²) in [6.45, 7) is 0.497. The van der Waals surface area contributed by atoms with E-state index in [2.05, 4.69) is 10.6 Å². The molecule has 1 saturated carbocycles. The predicted molar refractivity (Wildman–Crippen MR) is 109 cm³/mol. The third-order valence-electron chi connectivity index (χ3n) is 5.27. The van der Waals surface area contributed by atoms with E-state index in [1.165, 1.54) is 12.1 Å². The van der Waals surface area contributed by atoms with Crippen molar-refractivity contribution in [1.82, 2.24) is 0 Å². The molecule has 2 aromatic carbocycles. The second-order valence-corrected chi connectivity index (χ2v) is 7.23. The molecule has 2 aromatic rings. The number of benzene rings is 2. The molecule has 0 aliphatic heterocycles. The summed E-state index contributed by atoms with van der Waals surface area (Å²) < 4.78 is 0. The van der Waals surface area contributed by atoms with Crippen LogP contribution < -0.4 is 10.6 Å². The number of carbonyl (C=O) groups is 3. The molecular weight excluding hydrogens is 372 g/mol. The largest absolute Gasteiger partial charge is 0.481 e. The number of nitrogens with one attached hydrogen (secondary N) is 2. The van der Waals surface area contributed by atoms with Crippen molar-refractivity contribution in [2.24, 2.45) is 11.8 Å². The zero-order valence-corrected chi connectivity index (χ0v) is 15.9. The summed E-state index contributed by atoms with van der Waals surface area (Å²) in [6.07, 6.45) is 2.57. The maximum Gasteiger partial charge on any atom is 0.335 e. The van der Waals surface area contributed by atoms with Gasteiger partial charge in [-0.05, 0) is 36.6 Å². The second kappa shape index (κ2) is 9.23. The van der Waals surface area contributed by atoms with Gasteiger partial charge < -0.3 is 20.8 Å². The summed E-state index contributed by atoms with van der Waals surface area (Å²) in [6, 6.07) is 14.1. The summed E-state index contributed by atoms with van der Waals surface area (Å²) in [5, 5.41) is 24.7. The first kappa shape index (κ1) is 20.4. The molecule has 7 heteroatoms. The summed E-state index contributed by atoms with van der Waals surface area (Å²) in [5.41, 5.74) is 1.99. The van der Waals surface area contributed by atoms with Crippen molar-refractivity contribution in [2.45, 2.75) is 32.2 Å². The van der Waals surface area contributed by atoms with E-state index in [0.29, 0.717) is 30.8 Å². The fraction of sp³-hybridized carbons (Fsp3) is 0.318. The fourth-order valence-corrected chi connectivity index (χ4v) is 3.69. The van der Waals surface area contributed by atoms with Crippen LogP contribution >= 0.6 is 0 Å². The van der Waals surface area contributed by atoms with Crippen LogP contribution in [0.3, 0.4) is 0 Å². The maximum absolute atomic E-state index is 12.8. The Bertz CT molecular complexity index is 897. The van der Waals surface area contributed by atoms with Crippen LogP contribution in [0.25, 0.3) is 0 Å². The molecular formula is C22H24N2O5. The SMILES string of the molecule is O=C(O)c1ccc(NCc2ccccc2)c(NC(=O)[C@@H]2CCCC[C@@H]2C(=O)O)c1. The highest BCUT2D eigenvalue weighted by Crippen LogP contribution is 2.32. The van der Waals surface area contributed by atoms with Gasteiger partial charge in [0.1, 0.15) is 0 Å². The van der Waals surface area contributed by atoms with E-state index in [1.54, 1.807) is 6.07 Å². The lowest BCUT2D eigenvalue weighted by atomic mass is 9.78. The number of hydrogen-bond donors (Lipinski definition) is 4. The highest BCUT2D eigenvalue weighted by atomic mass is 16.4. The van der Waals surface area contributed by atoms with Crippen molar-refractivity contribution < 1.29 is 24.6 Å². The van der Waals surface area contributed by atoms with Gasteiger partial charge >= 0.3 is 11.9 Å². The Morgan fingerprint density at radius 2 is 1.59 bits per heavy atom. The minimum absolute atomic E-state index is 0.0454. The molecule has 1 aliphatic carbocycles. The standard InChI is InChI=1S/C22H24N2O5/c25-20(16-8-4-5-9-17(16)22(28)29)24-19-12-15(21(26)27)10-11-18(19)23-13-14-6-2-1-3-7-14/h1-3,6-7,10-12,16-17,23H,4-5,8-9,13H2,(H,24,25)(H,26,27)(H,28,29)/t16-,17+/m1/s1. The first-order valence-electron chi connectivity index (χ1n) is 9.64. The molecule has 3 rings (SSSR count). The van der Waals surface area contributed by atoms with Gasteiger partial charge in [-0.3, -0.25) is 9.59 Å². The number of rotatable bonds is 7. The Hall–Kier alpha value is -3.35. The molecule has 0 radical (unpaired) electrons. The molecule has 2 atom stereocenters. The zero-order valence-electron chi connectivity index (χ0n) is 15.9. The molecule has 0 spiro atoms. The van der Waals surface area contributed by atoms with Gasteiger partial charge in [0.2, 0.25) is 5.91 Å². The van der Waals surface area contributed by atoms with Crippen LogP contribution in [0.5, 0.6) is 0 Å². The molecule has 4 N–H and O–H groups in total. The Labute approximate surface area is 168 Å². The molecule has 1 fully saturated rings. The summed E-state index contributed by atoms with van der Waals surface area (Å²) in [5.74, 6) is -3.80. The van der Waals surface area contributed by atoms with E-state index in [4.69, 9.17) is 0 Å². The number of carboxylic acids is 2. The Balaban J connectivity index is 1.81. The number of amides is 1. The minimum Gasteiger partial charge on any atom is -0.481 e. The molecule has 29 heavy (non-hydrogen) atoms. The highest BCUT2D eigenvalue weighted by molar-refractivity contribution is 5.99. The number of aromatic carboxylic acids is 1. The van der Waals surface area contributed by atoms with E-state index in [-0.39, 0.29) is 11.5 Å². The first-order valence-corrected chi connectivity index (χ1v) is 9.64. The monoisotopic (exact) mass is 396 g/mol. The Morgan fingerprint density at radius 1 is 0.897 bits per heavy atom. The average molecular weight is 396 g/mol. The Morgan fingerprint density at radius 3 is 2.24 bits per heavy atom. The molecule has 1 aliphatic rings. The second-order valence-electron chi connectivity index (χ2n) is 7.23. The van der Waals surface area contributed by atoms with E-state index in [1.807, 2.05) is 30.3 Å². The van der Waals surface area contributed by atoms with Gasteiger partial charge in [-0.15, -0.1) is 0 Å². The van der Waals surface area contributed by atoms with Gasteiger partial charge in [-0.1, -0.05) is 43.2 Å². The normalized spacial score (nSPS) is 18.6. The van der Waals surface area contributed by atoms with E-state index in [0.717, 1.165) is 18.4 Å². The lowest BCUT2D eigenvalue weighted by molar-refractivity contribution is -0.147. The highest BCUT2D eigenvalue weighted by Gasteiger charge is 2.36. The minimum atomic E-state index is -1.10. The van der Waals surface area contributed by atoms with Crippen LogP contribution in [-0.2, 0) is 16.1 Å². The van der Waals surface area contributed by atoms with Crippen LogP contribution in [0.4, 0.5) is 11.4 Å². The van der Waals surface area contributed by atoms with Crippen molar-refractivity contribution in [2.75, 3.05) is 10.6 Å². The van der Waals surface area contributed by atoms with Crippen molar-refractivity contribution in [3.8, 4) is 0 Å². The van der Waals surface area contributed by atoms with Crippen LogP contribution in [0.2, 0.25) is 0 Å². The third-order valence-corrected chi connectivity index (χ3v) is 5.27. The predicted octanol–water partition coefficient (Wildman–Crippen LogP) is 3.83. The molecule has 1 amide bonds. The number of aliphatic carboxylic acids is 1. The van der Waals surface area contributed by atoms with Gasteiger partial charge in [0.25, 0.3) is 0 Å². The number of hydrogen-bond acceptors (Lipinski definition) is 4. The molecule has 0 unspecified atom stereocenters. The molecule has 0 aromatic heterocycles. The summed E-state index contributed by atoms with van der Waals surface area (Å²) in [7, 11) is 0. The van der Waals surface area contributed by atoms with Crippen molar-refractivity contribution >= 4 is 29.2 Å².